The van der Waals surface area contributed by atoms with E-state index in [4.69, 9.17) is 10.5 Å². The van der Waals surface area contributed by atoms with Gasteiger partial charge in [-0.3, -0.25) is 0 Å². The molecule has 1 rings (SSSR count). The van der Waals surface area contributed by atoms with E-state index in [-0.39, 0.29) is 18.1 Å². The van der Waals surface area contributed by atoms with Crippen molar-refractivity contribution in [1.29, 1.82) is 10.5 Å². The van der Waals surface area contributed by atoms with Crippen molar-refractivity contribution in [1.82, 2.24) is 0 Å². The first-order chi connectivity index (χ1) is 5.31. The number of carbonyl (C=O) groups excluding carboxylic acids is 1. The van der Waals surface area contributed by atoms with Crippen LogP contribution in [-0.2, 0) is 4.79 Å². The molecule has 0 saturated carbocycles. The van der Waals surface area contributed by atoms with Gasteiger partial charge >= 0.3 is 0 Å². The summed E-state index contributed by atoms with van der Waals surface area (Å²) in [5, 5.41) is 16.9. The lowest BCUT2D eigenvalue weighted by Gasteiger charge is -1.92. The summed E-state index contributed by atoms with van der Waals surface area (Å²) >= 11 is 2.27. The molecule has 0 spiro atoms. The van der Waals surface area contributed by atoms with Crippen LogP contribution in [0.1, 0.15) is 0 Å². The lowest BCUT2D eigenvalue weighted by molar-refractivity contribution is -0.106. The number of rotatable bonds is 1. The Morgan fingerprint density at radius 3 is 1.92 bits per heavy atom. The molecule has 62 valence electrons. The Morgan fingerprint density at radius 1 is 1.25 bits per heavy atom. The highest BCUT2D eigenvalue weighted by Gasteiger charge is 2.25. The fourth-order valence-corrected chi connectivity index (χ4v) is 2.62. The third kappa shape index (κ3) is 2.21. The second kappa shape index (κ2) is 5.15. The van der Waals surface area contributed by atoms with E-state index < -0.39 is 0 Å². The first-order valence-electron chi connectivity index (χ1n) is 2.65. The van der Waals surface area contributed by atoms with Crippen LogP contribution in [0.15, 0.2) is 9.81 Å². The Kier molecular flexibility index (Phi) is 4.91. The maximum atomic E-state index is 10.2. The Hall–Kier alpha value is -0.560. The molecule has 1 heterocycles. The fraction of sp³-hybridized carbons (Fsp3) is 0.167. The van der Waals surface area contributed by atoms with E-state index in [0.717, 1.165) is 29.8 Å². The zero-order valence-corrected chi connectivity index (χ0v) is 8.41. The van der Waals surface area contributed by atoms with Gasteiger partial charge in [-0.05, 0) is 0 Å². The maximum Gasteiger partial charge on any atom is 0.143 e. The van der Waals surface area contributed by atoms with Crippen LogP contribution in [0.25, 0.3) is 0 Å². The number of nitriles is 2. The molecule has 0 N–H and O–H groups in total. The topological polar surface area (TPSA) is 64.7 Å². The Bertz CT molecular complexity index is 273. The average molecular weight is 216 g/mol. The largest absolute Gasteiger partial charge is 0.301 e. The van der Waals surface area contributed by atoms with Crippen LogP contribution in [0.5, 0.6) is 0 Å². The molecule has 0 saturated heterocycles. The van der Waals surface area contributed by atoms with Gasteiger partial charge in [-0.1, -0.05) is 23.5 Å². The van der Waals surface area contributed by atoms with Gasteiger partial charge in [-0.25, -0.2) is 0 Å². The molecule has 3 nitrogen and oxygen atoms in total. The van der Waals surface area contributed by atoms with Crippen LogP contribution in [-0.4, -0.2) is 10.9 Å². The van der Waals surface area contributed by atoms with E-state index in [1.54, 1.807) is 0 Å². The van der Waals surface area contributed by atoms with E-state index in [2.05, 4.69) is 0 Å². The molecule has 1 aliphatic rings. The summed E-state index contributed by atoms with van der Waals surface area (Å²) in [6.07, 6.45) is 0.733. The van der Waals surface area contributed by atoms with Gasteiger partial charge in [-0.15, -0.1) is 0 Å². The van der Waals surface area contributed by atoms with Crippen LogP contribution >= 0.6 is 37.0 Å². The second-order valence-corrected chi connectivity index (χ2v) is 4.22. The van der Waals surface area contributed by atoms with Crippen molar-refractivity contribution in [3.05, 3.63) is 9.81 Å². The van der Waals surface area contributed by atoms with Gasteiger partial charge in [0.05, 0.1) is 0 Å². The summed E-state index contributed by atoms with van der Waals surface area (Å²) in [4.78, 5) is 11.0. The summed E-state index contributed by atoms with van der Waals surface area (Å²) in [6, 6.07) is 3.74. The molecule has 1 aliphatic heterocycles. The monoisotopic (exact) mass is 216 g/mol. The minimum atomic E-state index is -0.306. The maximum absolute atomic E-state index is 10.2. The zero-order valence-electron chi connectivity index (χ0n) is 5.77. The molecule has 0 aliphatic carbocycles. The quantitative estimate of drug-likeness (QED) is 0.619. The molecular weight excluding hydrogens is 212 g/mol. The normalized spacial score (nSPS) is 16.2. The van der Waals surface area contributed by atoms with Crippen molar-refractivity contribution in [2.45, 2.75) is 4.58 Å². The van der Waals surface area contributed by atoms with Gasteiger partial charge in [0.15, 0.2) is 0 Å². The highest BCUT2D eigenvalue weighted by Crippen LogP contribution is 2.43. The third-order valence-electron chi connectivity index (χ3n) is 0.988. The zero-order chi connectivity index (χ0) is 8.27. The van der Waals surface area contributed by atoms with Gasteiger partial charge < -0.3 is 4.79 Å². The summed E-state index contributed by atoms with van der Waals surface area (Å²) in [6.45, 7) is 0. The lowest BCUT2D eigenvalue weighted by atomic mass is 10.5. The summed E-state index contributed by atoms with van der Waals surface area (Å²) in [5.41, 5.74) is 0. The Morgan fingerprint density at radius 2 is 1.67 bits per heavy atom. The number of aldehydes is 1. The highest BCUT2D eigenvalue weighted by molar-refractivity contribution is 8.24. The van der Waals surface area contributed by atoms with E-state index >= 15 is 0 Å². The van der Waals surface area contributed by atoms with Crippen molar-refractivity contribution in [2.24, 2.45) is 0 Å². The van der Waals surface area contributed by atoms with Gasteiger partial charge in [0.25, 0.3) is 0 Å². The van der Waals surface area contributed by atoms with Gasteiger partial charge in [-0.2, -0.15) is 24.0 Å². The molecule has 0 aromatic carbocycles. The molecule has 0 amide bonds. The molecule has 0 aromatic heterocycles. The molecule has 0 aromatic rings. The van der Waals surface area contributed by atoms with E-state index in [1.807, 2.05) is 12.1 Å². The van der Waals surface area contributed by atoms with Crippen molar-refractivity contribution in [3.8, 4) is 12.1 Å². The molecular formula is C6H4N2OS3. The summed E-state index contributed by atoms with van der Waals surface area (Å²) in [5.74, 6) is 0. The lowest BCUT2D eigenvalue weighted by Crippen LogP contribution is -1.90. The van der Waals surface area contributed by atoms with Crippen molar-refractivity contribution in [3.63, 3.8) is 0 Å². The molecule has 0 radical (unpaired) electrons. The average Bonchev–Trinajstić information content (AvgIpc) is 2.46. The van der Waals surface area contributed by atoms with Crippen LogP contribution in [0.2, 0.25) is 0 Å². The fourth-order valence-electron chi connectivity index (χ4n) is 0.573. The van der Waals surface area contributed by atoms with E-state index in [0.29, 0.717) is 9.81 Å². The van der Waals surface area contributed by atoms with Crippen LogP contribution in [0, 0.1) is 22.7 Å². The minimum Gasteiger partial charge on any atom is -0.301 e. The number of allylic oxidation sites excluding steroid dienone is 2. The van der Waals surface area contributed by atoms with Crippen LogP contribution < -0.4 is 0 Å². The molecule has 0 atom stereocenters. The van der Waals surface area contributed by atoms with Crippen molar-refractivity contribution in [2.75, 3.05) is 0 Å². The van der Waals surface area contributed by atoms with E-state index in [9.17, 15) is 4.79 Å². The van der Waals surface area contributed by atoms with E-state index in [1.165, 1.54) is 0 Å². The first kappa shape index (κ1) is 11.4. The standard InChI is InChI=1S/C6H2N2OS2.H2S/c7-1-4-5(2-8)11-6(3-9)10-4;/h3,6H;1H2. The van der Waals surface area contributed by atoms with Crippen LogP contribution in [0.3, 0.4) is 0 Å². The predicted octanol–water partition coefficient (Wildman–Crippen LogP) is 1.36. The van der Waals surface area contributed by atoms with Crippen molar-refractivity contribution >= 4 is 43.3 Å². The molecule has 6 heteroatoms. The van der Waals surface area contributed by atoms with Gasteiger partial charge in [0.2, 0.25) is 0 Å². The first-order valence-corrected chi connectivity index (χ1v) is 4.41. The number of hydrogen-bond acceptors (Lipinski definition) is 5. The summed E-state index contributed by atoms with van der Waals surface area (Å²) in [7, 11) is 0. The smallest absolute Gasteiger partial charge is 0.143 e. The third-order valence-corrected chi connectivity index (χ3v) is 3.44. The van der Waals surface area contributed by atoms with Crippen molar-refractivity contribution < 1.29 is 4.79 Å². The molecule has 0 bridgehead atoms. The summed E-state index contributed by atoms with van der Waals surface area (Å²) < 4.78 is -0.306. The van der Waals surface area contributed by atoms with Gasteiger partial charge in [0.1, 0.15) is 32.8 Å². The SMILES string of the molecule is N#CC1=C(C#N)SC(C=O)S1.S. The Labute approximate surface area is 85.3 Å². The molecule has 0 fully saturated rings. The second-order valence-electron chi connectivity index (χ2n) is 1.62. The van der Waals surface area contributed by atoms with Gasteiger partial charge in [0, 0.05) is 0 Å². The number of carbonyl (C=O) groups is 1. The Balaban J connectivity index is 0.00000121. The highest BCUT2D eigenvalue weighted by atomic mass is 32.2. The molecule has 0 unspecified atom stereocenters. The number of hydrogen-bond donors (Lipinski definition) is 0. The number of thioether (sulfide) groups is 2. The molecule has 12 heavy (non-hydrogen) atoms. The predicted molar refractivity (Wildman–Crippen MR) is 53.7 cm³/mol. The number of nitrogens with zero attached hydrogens (tertiary/aromatic N) is 2. The minimum absolute atomic E-state index is 0. The van der Waals surface area contributed by atoms with Crippen LogP contribution in [0.4, 0.5) is 0 Å².